The van der Waals surface area contributed by atoms with Crippen molar-refractivity contribution in [1.82, 2.24) is 5.32 Å². The van der Waals surface area contributed by atoms with Crippen molar-refractivity contribution in [2.45, 2.75) is 20.1 Å². The van der Waals surface area contributed by atoms with E-state index < -0.39 is 11.6 Å². The molecule has 0 aliphatic rings. The standard InChI is InChI=1S/C16H17F2NO/c1-2-19-10-12-4-3-5-13(6-12)11-20-16-8-14(17)7-15(18)9-16/h3-9,19H,2,10-11H2,1H3. The highest BCUT2D eigenvalue weighted by atomic mass is 19.1. The summed E-state index contributed by atoms with van der Waals surface area (Å²) < 4.78 is 31.5. The van der Waals surface area contributed by atoms with E-state index in [1.54, 1.807) is 0 Å². The summed E-state index contributed by atoms with van der Waals surface area (Å²) in [7, 11) is 0. The smallest absolute Gasteiger partial charge is 0.129 e. The molecular weight excluding hydrogens is 260 g/mol. The molecule has 0 aliphatic heterocycles. The van der Waals surface area contributed by atoms with Crippen LogP contribution in [-0.2, 0) is 13.2 Å². The lowest BCUT2D eigenvalue weighted by molar-refractivity contribution is 0.302. The van der Waals surface area contributed by atoms with Gasteiger partial charge in [0, 0.05) is 24.7 Å². The van der Waals surface area contributed by atoms with Gasteiger partial charge in [-0.25, -0.2) is 8.78 Å². The van der Waals surface area contributed by atoms with Gasteiger partial charge in [-0.3, -0.25) is 0 Å². The minimum Gasteiger partial charge on any atom is -0.489 e. The first-order valence-corrected chi connectivity index (χ1v) is 6.55. The van der Waals surface area contributed by atoms with Crippen molar-refractivity contribution in [2.75, 3.05) is 6.54 Å². The summed E-state index contributed by atoms with van der Waals surface area (Å²) in [5.74, 6) is -1.08. The summed E-state index contributed by atoms with van der Waals surface area (Å²) >= 11 is 0. The monoisotopic (exact) mass is 277 g/mol. The van der Waals surface area contributed by atoms with Crippen LogP contribution in [0, 0.1) is 11.6 Å². The van der Waals surface area contributed by atoms with Gasteiger partial charge in [-0.15, -0.1) is 0 Å². The van der Waals surface area contributed by atoms with E-state index >= 15 is 0 Å². The fraction of sp³-hybridized carbons (Fsp3) is 0.250. The van der Waals surface area contributed by atoms with Crippen LogP contribution in [0.4, 0.5) is 8.78 Å². The molecule has 2 nitrogen and oxygen atoms in total. The molecule has 2 rings (SSSR count). The molecule has 1 N–H and O–H groups in total. The molecule has 0 aromatic heterocycles. The molecule has 2 aromatic rings. The van der Waals surface area contributed by atoms with Crippen LogP contribution in [0.2, 0.25) is 0 Å². The number of ether oxygens (including phenoxy) is 1. The first-order chi connectivity index (χ1) is 9.67. The fourth-order valence-electron chi connectivity index (χ4n) is 1.88. The maximum absolute atomic E-state index is 13.0. The molecule has 0 saturated heterocycles. The van der Waals surface area contributed by atoms with Gasteiger partial charge in [0.1, 0.15) is 24.0 Å². The Balaban J connectivity index is 1.99. The molecule has 20 heavy (non-hydrogen) atoms. The van der Waals surface area contributed by atoms with Crippen LogP contribution in [0.3, 0.4) is 0 Å². The van der Waals surface area contributed by atoms with Crippen LogP contribution in [0.25, 0.3) is 0 Å². The Morgan fingerprint density at radius 1 is 1.00 bits per heavy atom. The van der Waals surface area contributed by atoms with Crippen molar-refractivity contribution in [3.63, 3.8) is 0 Å². The maximum atomic E-state index is 13.0. The minimum absolute atomic E-state index is 0.194. The van der Waals surface area contributed by atoms with Gasteiger partial charge in [0.15, 0.2) is 0 Å². The summed E-state index contributed by atoms with van der Waals surface area (Å²) in [5, 5.41) is 3.24. The summed E-state index contributed by atoms with van der Waals surface area (Å²) in [6, 6.07) is 11.1. The van der Waals surface area contributed by atoms with Crippen LogP contribution in [0.5, 0.6) is 5.75 Å². The van der Waals surface area contributed by atoms with Crippen molar-refractivity contribution < 1.29 is 13.5 Å². The van der Waals surface area contributed by atoms with E-state index in [4.69, 9.17) is 4.74 Å². The van der Waals surface area contributed by atoms with Gasteiger partial charge in [-0.05, 0) is 17.7 Å². The van der Waals surface area contributed by atoms with E-state index in [0.29, 0.717) is 0 Å². The van der Waals surface area contributed by atoms with E-state index in [0.717, 1.165) is 30.3 Å². The average molecular weight is 277 g/mol. The zero-order valence-electron chi connectivity index (χ0n) is 11.3. The maximum Gasteiger partial charge on any atom is 0.129 e. The quantitative estimate of drug-likeness (QED) is 0.870. The molecule has 0 saturated carbocycles. The highest BCUT2D eigenvalue weighted by molar-refractivity contribution is 5.26. The van der Waals surface area contributed by atoms with Crippen LogP contribution in [-0.4, -0.2) is 6.54 Å². The Morgan fingerprint density at radius 2 is 1.70 bits per heavy atom. The van der Waals surface area contributed by atoms with Gasteiger partial charge in [0.2, 0.25) is 0 Å². The van der Waals surface area contributed by atoms with Crippen molar-refractivity contribution >= 4 is 0 Å². The zero-order valence-corrected chi connectivity index (χ0v) is 11.3. The Hall–Kier alpha value is -1.94. The molecule has 0 spiro atoms. The van der Waals surface area contributed by atoms with Crippen molar-refractivity contribution in [1.29, 1.82) is 0 Å². The molecule has 0 amide bonds. The summed E-state index contributed by atoms with van der Waals surface area (Å²) in [6.07, 6.45) is 0. The van der Waals surface area contributed by atoms with E-state index in [1.807, 2.05) is 31.2 Å². The summed E-state index contributed by atoms with van der Waals surface area (Å²) in [4.78, 5) is 0. The summed E-state index contributed by atoms with van der Waals surface area (Å²) in [5.41, 5.74) is 2.11. The molecular formula is C16H17F2NO. The first kappa shape index (κ1) is 14.5. The largest absolute Gasteiger partial charge is 0.489 e. The molecule has 0 unspecified atom stereocenters. The predicted octanol–water partition coefficient (Wildman–Crippen LogP) is 3.65. The molecule has 0 bridgehead atoms. The van der Waals surface area contributed by atoms with Crippen molar-refractivity contribution in [3.05, 3.63) is 65.2 Å². The lowest BCUT2D eigenvalue weighted by atomic mass is 10.1. The van der Waals surface area contributed by atoms with Crippen molar-refractivity contribution in [3.8, 4) is 5.75 Å². The van der Waals surface area contributed by atoms with E-state index in [1.165, 1.54) is 12.1 Å². The second-order valence-corrected chi connectivity index (χ2v) is 4.49. The fourth-order valence-corrected chi connectivity index (χ4v) is 1.88. The molecule has 2 aromatic carbocycles. The van der Waals surface area contributed by atoms with Crippen LogP contribution in [0.15, 0.2) is 42.5 Å². The van der Waals surface area contributed by atoms with Crippen LogP contribution < -0.4 is 10.1 Å². The number of halogens is 2. The van der Waals surface area contributed by atoms with Crippen LogP contribution in [0.1, 0.15) is 18.1 Å². The third-order valence-corrected chi connectivity index (χ3v) is 2.81. The number of hydrogen-bond acceptors (Lipinski definition) is 2. The van der Waals surface area contributed by atoms with E-state index in [-0.39, 0.29) is 12.4 Å². The molecule has 0 radical (unpaired) electrons. The molecule has 106 valence electrons. The minimum atomic E-state index is -0.638. The second-order valence-electron chi connectivity index (χ2n) is 4.49. The topological polar surface area (TPSA) is 21.3 Å². The Bertz CT molecular complexity index is 552. The van der Waals surface area contributed by atoms with Gasteiger partial charge in [-0.2, -0.15) is 0 Å². The normalized spacial score (nSPS) is 10.6. The van der Waals surface area contributed by atoms with Gasteiger partial charge in [-0.1, -0.05) is 31.2 Å². The third kappa shape index (κ3) is 4.31. The lowest BCUT2D eigenvalue weighted by Gasteiger charge is -2.08. The molecule has 0 fully saturated rings. The van der Waals surface area contributed by atoms with Gasteiger partial charge < -0.3 is 10.1 Å². The molecule has 0 atom stereocenters. The Labute approximate surface area is 117 Å². The first-order valence-electron chi connectivity index (χ1n) is 6.55. The number of hydrogen-bond donors (Lipinski definition) is 1. The van der Waals surface area contributed by atoms with Gasteiger partial charge >= 0.3 is 0 Å². The van der Waals surface area contributed by atoms with Gasteiger partial charge in [0.05, 0.1) is 0 Å². The zero-order chi connectivity index (χ0) is 14.4. The molecule has 0 aliphatic carbocycles. The van der Waals surface area contributed by atoms with Gasteiger partial charge in [0.25, 0.3) is 0 Å². The number of nitrogens with one attached hydrogen (secondary N) is 1. The number of rotatable bonds is 6. The number of benzene rings is 2. The van der Waals surface area contributed by atoms with Crippen LogP contribution >= 0.6 is 0 Å². The highest BCUT2D eigenvalue weighted by Gasteiger charge is 2.02. The average Bonchev–Trinajstić information content (AvgIpc) is 2.42. The lowest BCUT2D eigenvalue weighted by Crippen LogP contribution is -2.11. The van der Waals surface area contributed by atoms with E-state index in [2.05, 4.69) is 5.32 Å². The third-order valence-electron chi connectivity index (χ3n) is 2.81. The van der Waals surface area contributed by atoms with Crippen molar-refractivity contribution in [2.24, 2.45) is 0 Å². The Kier molecular flexibility index (Phi) is 5.07. The SMILES string of the molecule is CCNCc1cccc(COc2cc(F)cc(F)c2)c1. The molecule has 0 heterocycles. The second kappa shape index (κ2) is 7.01. The highest BCUT2D eigenvalue weighted by Crippen LogP contribution is 2.17. The molecule has 4 heteroatoms. The predicted molar refractivity (Wildman–Crippen MR) is 74.5 cm³/mol. The Morgan fingerprint density at radius 3 is 2.40 bits per heavy atom. The van der Waals surface area contributed by atoms with E-state index in [9.17, 15) is 8.78 Å². The summed E-state index contributed by atoms with van der Waals surface area (Å²) in [6.45, 7) is 4.02.